The monoisotopic (exact) mass is 481 g/mol. The number of pyridine rings is 1. The number of ether oxygens (including phenoxy) is 3. The van der Waals surface area contributed by atoms with E-state index in [0.29, 0.717) is 45.4 Å². The van der Waals surface area contributed by atoms with Crippen molar-refractivity contribution in [3.05, 3.63) is 81.5 Å². The zero-order valence-electron chi connectivity index (χ0n) is 20.3. The first-order chi connectivity index (χ1) is 17.3. The fourth-order valence-corrected chi connectivity index (χ4v) is 5.60. The molecule has 0 amide bonds. The molecular formula is C28H23N3O5. The van der Waals surface area contributed by atoms with Crippen molar-refractivity contribution in [3.8, 4) is 17.0 Å². The number of esters is 2. The zero-order valence-corrected chi connectivity index (χ0v) is 20.3. The quantitative estimate of drug-likeness (QED) is 0.556. The van der Waals surface area contributed by atoms with E-state index >= 15 is 0 Å². The van der Waals surface area contributed by atoms with Gasteiger partial charge in [-0.1, -0.05) is 24.3 Å². The summed E-state index contributed by atoms with van der Waals surface area (Å²) < 4.78 is 17.1. The molecule has 0 unspecified atom stereocenters. The van der Waals surface area contributed by atoms with E-state index in [1.54, 1.807) is 21.0 Å². The minimum Gasteiger partial charge on any atom is -0.497 e. The van der Waals surface area contributed by atoms with Gasteiger partial charge in [-0.05, 0) is 32.0 Å². The summed E-state index contributed by atoms with van der Waals surface area (Å²) in [5.74, 6) is -0.407. The van der Waals surface area contributed by atoms with Crippen LogP contribution in [0, 0.1) is 6.92 Å². The van der Waals surface area contributed by atoms with Crippen molar-refractivity contribution >= 4 is 29.0 Å². The molecule has 8 nitrogen and oxygen atoms in total. The zero-order chi connectivity index (χ0) is 25.4. The Morgan fingerprint density at radius 2 is 1.86 bits per heavy atom. The summed E-state index contributed by atoms with van der Waals surface area (Å²) >= 11 is 0. The van der Waals surface area contributed by atoms with Crippen LogP contribution in [0.15, 0.2) is 53.0 Å². The first-order valence-corrected chi connectivity index (χ1v) is 11.6. The number of methoxy groups -OCH3 is 1. The highest BCUT2D eigenvalue weighted by atomic mass is 16.6. The number of fused-ring (bicyclic) bond motifs is 7. The molecule has 2 aromatic carbocycles. The molecule has 8 heteroatoms. The van der Waals surface area contributed by atoms with Gasteiger partial charge in [0.2, 0.25) is 0 Å². The van der Waals surface area contributed by atoms with Crippen LogP contribution in [0.5, 0.6) is 5.75 Å². The second kappa shape index (κ2) is 7.52. The highest BCUT2D eigenvalue weighted by molar-refractivity contribution is 6.28. The number of benzene rings is 2. The van der Waals surface area contributed by atoms with Crippen LogP contribution in [0.25, 0.3) is 17.0 Å². The lowest BCUT2D eigenvalue weighted by atomic mass is 9.78. The van der Waals surface area contributed by atoms with Gasteiger partial charge in [0.05, 0.1) is 47.6 Å². The maximum Gasteiger partial charge on any atom is 0.342 e. The molecule has 1 aromatic heterocycles. The van der Waals surface area contributed by atoms with Gasteiger partial charge in [0.1, 0.15) is 11.3 Å². The predicted molar refractivity (Wildman–Crippen MR) is 133 cm³/mol. The molecule has 2 heterocycles. The molecule has 2 N–H and O–H groups in total. The molecule has 1 atom stereocenters. The smallest absolute Gasteiger partial charge is 0.342 e. The Morgan fingerprint density at radius 3 is 2.58 bits per heavy atom. The molecule has 3 aliphatic rings. The number of rotatable bonds is 4. The van der Waals surface area contributed by atoms with Crippen molar-refractivity contribution in [1.82, 2.24) is 4.98 Å². The van der Waals surface area contributed by atoms with Crippen LogP contribution >= 0.6 is 0 Å². The normalized spacial score (nSPS) is 18.1. The molecule has 3 aromatic rings. The largest absolute Gasteiger partial charge is 0.497 e. The van der Waals surface area contributed by atoms with Crippen LogP contribution in [0.4, 0.5) is 5.69 Å². The van der Waals surface area contributed by atoms with Crippen LogP contribution in [0.2, 0.25) is 0 Å². The highest BCUT2D eigenvalue weighted by Gasteiger charge is 2.58. The summed E-state index contributed by atoms with van der Waals surface area (Å²) in [6.45, 7) is 5.05. The van der Waals surface area contributed by atoms with Gasteiger partial charge in [0, 0.05) is 34.9 Å². The Balaban J connectivity index is 1.81. The topological polar surface area (TPSA) is 113 Å². The number of hydrogen-bond acceptors (Lipinski definition) is 8. The lowest BCUT2D eigenvalue weighted by molar-refractivity contribution is -0.150. The molecule has 6 rings (SSSR count). The van der Waals surface area contributed by atoms with Gasteiger partial charge in [-0.2, -0.15) is 0 Å². The van der Waals surface area contributed by atoms with Gasteiger partial charge in [-0.15, -0.1) is 0 Å². The summed E-state index contributed by atoms with van der Waals surface area (Å²) in [6.07, 6.45) is 0. The first-order valence-electron chi connectivity index (χ1n) is 11.6. The first kappa shape index (κ1) is 22.0. The Morgan fingerprint density at radius 1 is 1.08 bits per heavy atom. The fraction of sp³-hybridized carbons (Fsp3) is 0.214. The number of aromatic nitrogens is 1. The van der Waals surface area contributed by atoms with Crippen LogP contribution in [-0.4, -0.2) is 36.4 Å². The van der Waals surface area contributed by atoms with E-state index in [1.165, 1.54) is 6.92 Å². The van der Waals surface area contributed by atoms with Gasteiger partial charge < -0.3 is 19.9 Å². The average Bonchev–Trinajstić information content (AvgIpc) is 3.29. The van der Waals surface area contributed by atoms with E-state index in [4.69, 9.17) is 29.9 Å². The Labute approximate surface area is 207 Å². The summed E-state index contributed by atoms with van der Waals surface area (Å²) in [7, 11) is 1.58. The van der Waals surface area contributed by atoms with E-state index < -0.39 is 17.5 Å². The summed E-state index contributed by atoms with van der Waals surface area (Å²) in [5.41, 5.74) is 12.1. The summed E-state index contributed by atoms with van der Waals surface area (Å²) in [6, 6.07) is 13.1. The summed E-state index contributed by atoms with van der Waals surface area (Å²) in [4.78, 5) is 35.7. The van der Waals surface area contributed by atoms with Crippen molar-refractivity contribution in [2.75, 3.05) is 13.7 Å². The number of carbonyl (C=O) groups excluding carboxylic acids is 2. The highest BCUT2D eigenvalue weighted by Crippen LogP contribution is 2.62. The van der Waals surface area contributed by atoms with Crippen LogP contribution < -0.4 is 10.5 Å². The number of hydrogen-bond donors (Lipinski definition) is 1. The molecule has 0 bridgehead atoms. The van der Waals surface area contributed by atoms with Crippen LogP contribution in [0.3, 0.4) is 0 Å². The molecular weight excluding hydrogens is 458 g/mol. The van der Waals surface area contributed by atoms with Crippen molar-refractivity contribution < 1.29 is 23.8 Å². The number of aliphatic imine (C=N–C) groups is 1. The lowest BCUT2D eigenvalue weighted by Crippen LogP contribution is -2.39. The minimum atomic E-state index is -1.43. The van der Waals surface area contributed by atoms with Crippen LogP contribution in [-0.2, 0) is 19.9 Å². The molecule has 36 heavy (non-hydrogen) atoms. The third-order valence-corrected chi connectivity index (χ3v) is 6.90. The van der Waals surface area contributed by atoms with Gasteiger partial charge in [0.25, 0.3) is 0 Å². The number of nitrogens with two attached hydrogens (primary N) is 1. The van der Waals surface area contributed by atoms with E-state index in [-0.39, 0.29) is 12.2 Å². The third-order valence-electron chi connectivity index (χ3n) is 6.90. The van der Waals surface area contributed by atoms with Crippen molar-refractivity contribution in [2.24, 2.45) is 10.7 Å². The molecule has 180 valence electrons. The Kier molecular flexibility index (Phi) is 4.60. The maximum absolute atomic E-state index is 13.2. The number of aryl methyl sites for hydroxylation is 1. The molecule has 0 fully saturated rings. The van der Waals surface area contributed by atoms with Crippen molar-refractivity contribution in [3.63, 3.8) is 0 Å². The molecule has 2 aliphatic carbocycles. The molecule has 0 radical (unpaired) electrons. The standard InChI is InChI=1S/C28H23N3O5/c1-5-35-27(33)20-13(2)30-25-17-8-6-7-9-19(17)28(36-14(3)32)21-23(29)18-12-15(34-4)10-11-16(18)24(21)31-26(20)22(25)28/h6-12H,5,29H2,1-4H3/t28-/m0/s1. The Bertz CT molecular complexity index is 1590. The van der Waals surface area contributed by atoms with Crippen molar-refractivity contribution in [2.45, 2.75) is 26.4 Å². The van der Waals surface area contributed by atoms with Crippen LogP contribution in [0.1, 0.15) is 52.2 Å². The Hall–Kier alpha value is -4.46. The van der Waals surface area contributed by atoms with E-state index in [0.717, 1.165) is 22.3 Å². The average molecular weight is 482 g/mol. The van der Waals surface area contributed by atoms with E-state index in [1.807, 2.05) is 42.5 Å². The molecule has 0 saturated heterocycles. The minimum absolute atomic E-state index is 0.196. The SMILES string of the molecule is CCOC(=O)c1c(C)nc2c3c1N=C1C(=C(N)c4cc(OC)ccc41)[C@@]3(OC(C)=O)c1ccccc1-2. The fourth-order valence-electron chi connectivity index (χ4n) is 5.60. The maximum atomic E-state index is 13.2. The van der Waals surface area contributed by atoms with E-state index in [9.17, 15) is 9.59 Å². The number of carbonyl (C=O) groups is 2. The molecule has 1 aliphatic heterocycles. The number of nitrogens with zero attached hydrogens (tertiary/aromatic N) is 2. The second-order valence-electron chi connectivity index (χ2n) is 8.85. The lowest BCUT2D eigenvalue weighted by Gasteiger charge is -2.37. The van der Waals surface area contributed by atoms with Gasteiger partial charge in [0.15, 0.2) is 5.60 Å². The molecule has 0 saturated carbocycles. The predicted octanol–water partition coefficient (Wildman–Crippen LogP) is 4.18. The van der Waals surface area contributed by atoms with Gasteiger partial charge in [-0.25, -0.2) is 9.79 Å². The molecule has 0 spiro atoms. The van der Waals surface area contributed by atoms with Gasteiger partial charge >= 0.3 is 11.9 Å². The second-order valence-corrected chi connectivity index (χ2v) is 8.85. The van der Waals surface area contributed by atoms with E-state index in [2.05, 4.69) is 0 Å². The van der Waals surface area contributed by atoms with Crippen molar-refractivity contribution in [1.29, 1.82) is 0 Å². The van der Waals surface area contributed by atoms with Gasteiger partial charge in [-0.3, -0.25) is 9.78 Å². The summed E-state index contributed by atoms with van der Waals surface area (Å²) in [5, 5.41) is 0. The third kappa shape index (κ3) is 2.64.